The van der Waals surface area contributed by atoms with Gasteiger partial charge in [-0.05, 0) is 18.9 Å². The number of aromatic nitrogens is 2. The van der Waals surface area contributed by atoms with E-state index in [2.05, 4.69) is 9.97 Å². The van der Waals surface area contributed by atoms with Crippen LogP contribution in [0.4, 0.5) is 0 Å². The summed E-state index contributed by atoms with van der Waals surface area (Å²) in [5, 5.41) is 9.54. The third kappa shape index (κ3) is 3.92. The Hall–Kier alpha value is -1.63. The molecule has 102 valence electrons. The summed E-state index contributed by atoms with van der Waals surface area (Å²) in [6, 6.07) is 1.72. The highest BCUT2D eigenvalue weighted by atomic mass is 32.2. The van der Waals surface area contributed by atoms with Gasteiger partial charge in [0.15, 0.2) is 5.16 Å². The maximum atomic E-state index is 12.0. The zero-order valence-electron chi connectivity index (χ0n) is 10.4. The van der Waals surface area contributed by atoms with Crippen LogP contribution in [0.3, 0.4) is 0 Å². The molecule has 1 saturated heterocycles. The monoisotopic (exact) mass is 281 g/mol. The van der Waals surface area contributed by atoms with Crippen LogP contribution in [-0.2, 0) is 9.59 Å². The third-order valence-electron chi connectivity index (χ3n) is 2.99. The molecule has 1 atom stereocenters. The number of nitrogens with zero attached hydrogens (tertiary/aromatic N) is 3. The zero-order chi connectivity index (χ0) is 13.7. The maximum Gasteiger partial charge on any atom is 0.308 e. The first-order valence-corrected chi connectivity index (χ1v) is 7.06. The highest BCUT2D eigenvalue weighted by molar-refractivity contribution is 7.99. The van der Waals surface area contributed by atoms with Gasteiger partial charge < -0.3 is 10.0 Å². The van der Waals surface area contributed by atoms with E-state index in [1.807, 2.05) is 0 Å². The first-order valence-electron chi connectivity index (χ1n) is 6.07. The van der Waals surface area contributed by atoms with Crippen LogP contribution in [0, 0.1) is 5.92 Å². The third-order valence-corrected chi connectivity index (χ3v) is 3.85. The van der Waals surface area contributed by atoms with Crippen LogP contribution in [0.25, 0.3) is 0 Å². The lowest BCUT2D eigenvalue weighted by Gasteiger charge is -2.30. The Morgan fingerprint density at radius 3 is 2.84 bits per heavy atom. The number of carbonyl (C=O) groups excluding carboxylic acids is 1. The molecule has 19 heavy (non-hydrogen) atoms. The van der Waals surface area contributed by atoms with E-state index in [4.69, 9.17) is 5.11 Å². The van der Waals surface area contributed by atoms with Crippen LogP contribution in [0.1, 0.15) is 12.8 Å². The fourth-order valence-corrected chi connectivity index (χ4v) is 2.69. The summed E-state index contributed by atoms with van der Waals surface area (Å²) < 4.78 is 0. The Morgan fingerprint density at radius 2 is 2.16 bits per heavy atom. The van der Waals surface area contributed by atoms with Gasteiger partial charge >= 0.3 is 5.97 Å². The van der Waals surface area contributed by atoms with Crippen molar-refractivity contribution < 1.29 is 14.7 Å². The topological polar surface area (TPSA) is 83.4 Å². The van der Waals surface area contributed by atoms with Gasteiger partial charge in [0.25, 0.3) is 0 Å². The van der Waals surface area contributed by atoms with Crippen LogP contribution >= 0.6 is 11.8 Å². The first kappa shape index (κ1) is 13.8. The highest BCUT2D eigenvalue weighted by Gasteiger charge is 2.27. The maximum absolute atomic E-state index is 12.0. The molecule has 0 radical (unpaired) electrons. The minimum Gasteiger partial charge on any atom is -0.481 e. The Morgan fingerprint density at radius 1 is 1.42 bits per heavy atom. The van der Waals surface area contributed by atoms with Gasteiger partial charge in [-0.3, -0.25) is 9.59 Å². The lowest BCUT2D eigenvalue weighted by atomic mass is 9.98. The van der Waals surface area contributed by atoms with Crippen molar-refractivity contribution in [2.75, 3.05) is 18.8 Å². The predicted molar refractivity (Wildman–Crippen MR) is 69.7 cm³/mol. The number of hydrogen-bond acceptors (Lipinski definition) is 5. The Balaban J connectivity index is 1.84. The van der Waals surface area contributed by atoms with Gasteiger partial charge in [-0.25, -0.2) is 9.97 Å². The molecule has 1 unspecified atom stereocenters. The SMILES string of the molecule is O=C(O)C1CCCN(C(=O)CSc2ncccn2)C1. The molecule has 0 bridgehead atoms. The van der Waals surface area contributed by atoms with Crippen LogP contribution in [0.15, 0.2) is 23.6 Å². The summed E-state index contributed by atoms with van der Waals surface area (Å²) >= 11 is 1.27. The minimum absolute atomic E-state index is 0.0524. The number of aliphatic carboxylic acids is 1. The van der Waals surface area contributed by atoms with Crippen molar-refractivity contribution in [3.63, 3.8) is 0 Å². The molecule has 1 fully saturated rings. The van der Waals surface area contributed by atoms with Crippen molar-refractivity contribution in [2.45, 2.75) is 18.0 Å². The van der Waals surface area contributed by atoms with Gasteiger partial charge in [0.2, 0.25) is 5.91 Å². The van der Waals surface area contributed by atoms with Gasteiger partial charge in [-0.15, -0.1) is 0 Å². The smallest absolute Gasteiger partial charge is 0.308 e. The molecule has 1 aromatic rings. The van der Waals surface area contributed by atoms with Gasteiger partial charge in [-0.2, -0.15) is 0 Å². The van der Waals surface area contributed by atoms with Crippen molar-refractivity contribution in [1.29, 1.82) is 0 Å². The van der Waals surface area contributed by atoms with E-state index in [-0.39, 0.29) is 11.7 Å². The van der Waals surface area contributed by atoms with E-state index in [9.17, 15) is 9.59 Å². The largest absolute Gasteiger partial charge is 0.481 e. The molecular weight excluding hydrogens is 266 g/mol. The zero-order valence-corrected chi connectivity index (χ0v) is 11.2. The second-order valence-electron chi connectivity index (χ2n) is 4.34. The summed E-state index contributed by atoms with van der Waals surface area (Å²) in [4.78, 5) is 32.6. The molecule has 0 aromatic carbocycles. The first-order chi connectivity index (χ1) is 9.16. The Kier molecular flexibility index (Phi) is 4.73. The standard InChI is InChI=1S/C12H15N3O3S/c16-10(8-19-12-13-4-2-5-14-12)15-6-1-3-9(7-15)11(17)18/h2,4-5,9H,1,3,6-8H2,(H,17,18). The number of rotatable bonds is 4. The minimum atomic E-state index is -0.823. The van der Waals surface area contributed by atoms with Crippen LogP contribution in [0.5, 0.6) is 0 Å². The second kappa shape index (κ2) is 6.51. The normalized spacial score (nSPS) is 19.2. The van der Waals surface area contributed by atoms with Crippen LogP contribution in [0.2, 0.25) is 0 Å². The molecule has 1 N–H and O–H groups in total. The fourth-order valence-electron chi connectivity index (χ4n) is 1.98. The van der Waals surface area contributed by atoms with Crippen LogP contribution in [-0.4, -0.2) is 50.7 Å². The Bertz CT molecular complexity index is 455. The fraction of sp³-hybridized carbons (Fsp3) is 0.500. The molecule has 6 nitrogen and oxygen atoms in total. The average Bonchev–Trinajstić information content (AvgIpc) is 2.46. The predicted octanol–water partition coefficient (Wildman–Crippen LogP) is 0.892. The molecule has 1 aliphatic heterocycles. The number of piperidine rings is 1. The quantitative estimate of drug-likeness (QED) is 0.652. The summed E-state index contributed by atoms with van der Waals surface area (Å²) in [6.07, 6.45) is 4.64. The van der Waals surface area contributed by atoms with Crippen molar-refractivity contribution in [3.05, 3.63) is 18.5 Å². The second-order valence-corrected chi connectivity index (χ2v) is 5.28. The van der Waals surface area contributed by atoms with Gasteiger partial charge in [-0.1, -0.05) is 11.8 Å². The molecule has 2 rings (SSSR count). The number of carbonyl (C=O) groups is 2. The van der Waals surface area contributed by atoms with E-state index in [0.717, 1.165) is 6.42 Å². The summed E-state index contributed by atoms with van der Waals surface area (Å²) in [7, 11) is 0. The summed E-state index contributed by atoms with van der Waals surface area (Å²) in [6.45, 7) is 0.948. The lowest BCUT2D eigenvalue weighted by molar-refractivity contribution is -0.145. The molecule has 1 amide bonds. The van der Waals surface area contributed by atoms with Crippen molar-refractivity contribution in [3.8, 4) is 0 Å². The molecule has 1 aliphatic rings. The number of thioether (sulfide) groups is 1. The lowest BCUT2D eigenvalue weighted by Crippen LogP contribution is -2.43. The van der Waals surface area contributed by atoms with Crippen molar-refractivity contribution in [1.82, 2.24) is 14.9 Å². The van der Waals surface area contributed by atoms with E-state index >= 15 is 0 Å². The number of carboxylic acids is 1. The highest BCUT2D eigenvalue weighted by Crippen LogP contribution is 2.19. The van der Waals surface area contributed by atoms with Crippen molar-refractivity contribution in [2.24, 2.45) is 5.92 Å². The summed E-state index contributed by atoms with van der Waals surface area (Å²) in [5.41, 5.74) is 0. The Labute approximate surface area is 115 Å². The number of carboxylic acid groups (broad SMARTS) is 1. The van der Waals surface area contributed by atoms with Crippen molar-refractivity contribution >= 4 is 23.6 Å². The average molecular weight is 281 g/mol. The van der Waals surface area contributed by atoms with Crippen LogP contribution < -0.4 is 0 Å². The number of likely N-dealkylation sites (tertiary alicyclic amines) is 1. The molecule has 0 spiro atoms. The molecule has 0 aliphatic carbocycles. The van der Waals surface area contributed by atoms with E-state index in [0.29, 0.717) is 24.7 Å². The van der Waals surface area contributed by atoms with Gasteiger partial charge in [0.1, 0.15) is 0 Å². The van der Waals surface area contributed by atoms with Gasteiger partial charge in [0, 0.05) is 25.5 Å². The molecule has 7 heteroatoms. The molecule has 0 saturated carbocycles. The summed E-state index contributed by atoms with van der Waals surface area (Å²) in [5.74, 6) is -1.06. The van der Waals surface area contributed by atoms with E-state index < -0.39 is 11.9 Å². The molecule has 2 heterocycles. The van der Waals surface area contributed by atoms with E-state index in [1.165, 1.54) is 11.8 Å². The van der Waals surface area contributed by atoms with Gasteiger partial charge in [0.05, 0.1) is 11.7 Å². The number of hydrogen-bond donors (Lipinski definition) is 1. The van der Waals surface area contributed by atoms with E-state index in [1.54, 1.807) is 23.4 Å². The molecule has 1 aromatic heterocycles. The number of amides is 1. The molecular formula is C12H15N3O3S.